The van der Waals surface area contributed by atoms with Crippen LogP contribution in [0.5, 0.6) is 0 Å². The second-order valence-electron chi connectivity index (χ2n) is 7.61. The van der Waals surface area contributed by atoms with Gasteiger partial charge in [0.1, 0.15) is 24.6 Å². The Morgan fingerprint density at radius 2 is 1.66 bits per heavy atom. The summed E-state index contributed by atoms with van der Waals surface area (Å²) >= 11 is 6.06. The van der Waals surface area contributed by atoms with Gasteiger partial charge in [0, 0.05) is 26.3 Å². The summed E-state index contributed by atoms with van der Waals surface area (Å²) in [6, 6.07) is 3.95. The van der Waals surface area contributed by atoms with Crippen molar-refractivity contribution in [3.63, 3.8) is 0 Å². The van der Waals surface area contributed by atoms with Crippen LogP contribution in [0.15, 0.2) is 24.0 Å². The Hall–Kier alpha value is -3.18. The van der Waals surface area contributed by atoms with Gasteiger partial charge in [-0.25, -0.2) is 9.18 Å². The minimum atomic E-state index is -1.30. The summed E-state index contributed by atoms with van der Waals surface area (Å²) in [6.07, 6.45) is -3.66. The lowest BCUT2D eigenvalue weighted by Crippen LogP contribution is -2.58. The molecule has 35 heavy (non-hydrogen) atoms. The molecular weight excluding hydrogens is 491 g/mol. The molecule has 12 heteroatoms. The van der Waals surface area contributed by atoms with Gasteiger partial charge in [0.05, 0.1) is 18.1 Å². The monoisotopic (exact) mass is 516 g/mol. The van der Waals surface area contributed by atoms with Gasteiger partial charge in [-0.1, -0.05) is 24.6 Å². The topological polar surface area (TPSA) is 124 Å². The van der Waals surface area contributed by atoms with Crippen molar-refractivity contribution in [3.05, 3.63) is 40.4 Å². The number of esters is 4. The number of methoxy groups -OCH3 is 1. The van der Waals surface area contributed by atoms with Crippen LogP contribution in [-0.4, -0.2) is 62.2 Å². The van der Waals surface area contributed by atoms with E-state index in [0.717, 1.165) is 33.1 Å². The molecule has 0 aliphatic carbocycles. The first-order valence-electron chi connectivity index (χ1n) is 10.5. The van der Waals surface area contributed by atoms with Crippen LogP contribution in [0.1, 0.15) is 33.3 Å². The van der Waals surface area contributed by atoms with Gasteiger partial charge in [-0.3, -0.25) is 14.4 Å². The number of hydrogen-bond acceptors (Lipinski definition) is 10. The van der Waals surface area contributed by atoms with Crippen molar-refractivity contribution in [2.75, 3.05) is 13.7 Å². The van der Waals surface area contributed by atoms with E-state index in [2.05, 4.69) is 0 Å². The molecule has 10 nitrogen and oxygen atoms in total. The Labute approximate surface area is 206 Å². The smallest absolute Gasteiger partial charge is 0.373 e. The Morgan fingerprint density at radius 3 is 2.20 bits per heavy atom. The molecule has 192 valence electrons. The van der Waals surface area contributed by atoms with Gasteiger partial charge < -0.3 is 28.4 Å². The zero-order chi connectivity index (χ0) is 26.3. The summed E-state index contributed by atoms with van der Waals surface area (Å²) in [5.41, 5.74) is -0.135. The summed E-state index contributed by atoms with van der Waals surface area (Å²) < 4.78 is 46.3. The van der Waals surface area contributed by atoms with Crippen molar-refractivity contribution in [2.45, 2.75) is 52.3 Å². The van der Waals surface area contributed by atoms with Crippen molar-refractivity contribution in [2.24, 2.45) is 5.92 Å². The molecule has 2 rings (SSSR count). The van der Waals surface area contributed by atoms with Crippen LogP contribution >= 0.6 is 11.6 Å². The molecule has 0 bridgehead atoms. The molecule has 0 unspecified atom stereocenters. The summed E-state index contributed by atoms with van der Waals surface area (Å²) in [5, 5.41) is 0.00746. The molecule has 1 saturated heterocycles. The molecule has 0 spiro atoms. The van der Waals surface area contributed by atoms with E-state index in [1.165, 1.54) is 19.1 Å². The van der Waals surface area contributed by atoms with Gasteiger partial charge in [0.15, 0.2) is 6.10 Å². The molecule has 1 heterocycles. The van der Waals surface area contributed by atoms with E-state index in [0.29, 0.717) is 0 Å². The van der Waals surface area contributed by atoms with E-state index in [9.17, 15) is 23.6 Å². The molecular formula is C23H26ClFO10. The number of ether oxygens (including phenoxy) is 6. The Bertz CT molecular complexity index is 974. The quantitative estimate of drug-likeness (QED) is 0.220. The van der Waals surface area contributed by atoms with Crippen LogP contribution in [0.4, 0.5) is 4.39 Å². The third-order valence-electron chi connectivity index (χ3n) is 4.91. The van der Waals surface area contributed by atoms with Crippen LogP contribution in [0.2, 0.25) is 5.02 Å². The van der Waals surface area contributed by atoms with Crippen molar-refractivity contribution < 1.29 is 52.0 Å². The van der Waals surface area contributed by atoms with E-state index in [-0.39, 0.29) is 17.2 Å². The third-order valence-corrected chi connectivity index (χ3v) is 5.24. The maximum atomic E-state index is 14.3. The summed E-state index contributed by atoms with van der Waals surface area (Å²) in [6.45, 7) is 4.65. The average molecular weight is 517 g/mol. The molecule has 0 saturated carbocycles. The zero-order valence-electron chi connectivity index (χ0n) is 19.7. The molecule has 1 aromatic rings. The number of benzene rings is 1. The van der Waals surface area contributed by atoms with E-state index >= 15 is 0 Å². The second-order valence-corrected chi connectivity index (χ2v) is 8.01. The molecule has 0 aromatic heterocycles. The van der Waals surface area contributed by atoms with Crippen molar-refractivity contribution >= 4 is 41.6 Å². The predicted molar refractivity (Wildman–Crippen MR) is 118 cm³/mol. The molecule has 1 aliphatic rings. The highest BCUT2D eigenvalue weighted by molar-refractivity contribution is 6.32. The first-order chi connectivity index (χ1) is 16.4. The molecule has 5 atom stereocenters. The standard InChI is InChI=1S/C23H26ClFO10/c1-11-20(32-13(3)27)21(33-14(4)28)19(10-31-12(2)26)35-23(11)34-18(22(29)30-5)9-15-16(24)7-6-8-17(15)25/h6-9,11,19-21,23H,10H2,1-5H3/b18-9-/t11-,19-,20-,21+,23-/m0/s1. The lowest BCUT2D eigenvalue weighted by molar-refractivity contribution is -0.279. The number of rotatable bonds is 8. The normalized spacial score (nSPS) is 24.2. The number of carbonyl (C=O) groups excluding carboxylic acids is 4. The van der Waals surface area contributed by atoms with Crippen LogP contribution in [-0.2, 0) is 47.6 Å². The maximum Gasteiger partial charge on any atom is 0.373 e. The predicted octanol–water partition coefficient (Wildman–Crippen LogP) is 2.80. The van der Waals surface area contributed by atoms with Crippen LogP contribution in [0.25, 0.3) is 6.08 Å². The van der Waals surface area contributed by atoms with Crippen LogP contribution in [0.3, 0.4) is 0 Å². The lowest BCUT2D eigenvalue weighted by atomic mass is 9.91. The molecule has 1 aliphatic heterocycles. The molecule has 0 radical (unpaired) electrons. The van der Waals surface area contributed by atoms with Crippen molar-refractivity contribution in [3.8, 4) is 0 Å². The van der Waals surface area contributed by atoms with Crippen molar-refractivity contribution in [1.29, 1.82) is 0 Å². The Kier molecular flexibility index (Phi) is 10.0. The number of halogens is 2. The van der Waals surface area contributed by atoms with Gasteiger partial charge in [-0.15, -0.1) is 0 Å². The van der Waals surface area contributed by atoms with Gasteiger partial charge in [0.2, 0.25) is 12.0 Å². The number of carbonyl (C=O) groups is 4. The van der Waals surface area contributed by atoms with E-state index in [1.807, 2.05) is 0 Å². The fourth-order valence-electron chi connectivity index (χ4n) is 3.36. The fourth-order valence-corrected chi connectivity index (χ4v) is 3.57. The summed E-state index contributed by atoms with van der Waals surface area (Å²) in [4.78, 5) is 47.3. The van der Waals surface area contributed by atoms with Gasteiger partial charge in [-0.2, -0.15) is 0 Å². The summed E-state index contributed by atoms with van der Waals surface area (Å²) in [7, 11) is 1.09. The molecule has 1 fully saturated rings. The Balaban J connectivity index is 2.47. The highest BCUT2D eigenvalue weighted by atomic mass is 35.5. The summed E-state index contributed by atoms with van der Waals surface area (Å²) in [5.74, 6) is -4.99. The molecule has 0 amide bonds. The van der Waals surface area contributed by atoms with Gasteiger partial charge >= 0.3 is 23.9 Å². The average Bonchev–Trinajstić information content (AvgIpc) is 2.77. The highest BCUT2D eigenvalue weighted by Crippen LogP contribution is 2.33. The first kappa shape index (κ1) is 28.1. The second kappa shape index (κ2) is 12.5. The molecule has 1 aromatic carbocycles. The number of hydrogen-bond donors (Lipinski definition) is 0. The minimum Gasteiger partial charge on any atom is -0.463 e. The first-order valence-corrected chi connectivity index (χ1v) is 10.9. The maximum absolute atomic E-state index is 14.3. The lowest BCUT2D eigenvalue weighted by Gasteiger charge is -2.43. The largest absolute Gasteiger partial charge is 0.463 e. The zero-order valence-corrected chi connectivity index (χ0v) is 20.5. The van der Waals surface area contributed by atoms with E-state index < -0.39 is 66.0 Å². The van der Waals surface area contributed by atoms with Crippen molar-refractivity contribution in [1.82, 2.24) is 0 Å². The van der Waals surface area contributed by atoms with Gasteiger partial charge in [0.25, 0.3) is 0 Å². The van der Waals surface area contributed by atoms with Gasteiger partial charge in [-0.05, 0) is 18.2 Å². The van der Waals surface area contributed by atoms with E-state index in [4.69, 9.17) is 40.0 Å². The fraction of sp³-hybridized carbons (Fsp3) is 0.478. The van der Waals surface area contributed by atoms with Crippen LogP contribution in [0, 0.1) is 11.7 Å². The van der Waals surface area contributed by atoms with E-state index in [1.54, 1.807) is 6.92 Å². The van der Waals surface area contributed by atoms with Crippen LogP contribution < -0.4 is 0 Å². The SMILES string of the molecule is COC(=O)/C(=C/c1c(F)cccc1Cl)O[C@H]1O[C@@H](COC(C)=O)[C@@H](OC(C)=O)[C@@H](OC(C)=O)[C@@H]1C. The third kappa shape index (κ3) is 7.66. The minimum absolute atomic E-state index is 0.00746. The molecule has 0 N–H and O–H groups in total. The Morgan fingerprint density at radius 1 is 1.03 bits per heavy atom. The highest BCUT2D eigenvalue weighted by Gasteiger charge is 2.49.